The van der Waals surface area contributed by atoms with Gasteiger partial charge in [0.15, 0.2) is 5.96 Å². The molecule has 1 heterocycles. The summed E-state index contributed by atoms with van der Waals surface area (Å²) in [5, 5.41) is 3.52. The van der Waals surface area contributed by atoms with Gasteiger partial charge >= 0.3 is 0 Å². The van der Waals surface area contributed by atoms with E-state index in [1.54, 1.807) is 0 Å². The summed E-state index contributed by atoms with van der Waals surface area (Å²) in [7, 11) is 4.03. The minimum absolute atomic E-state index is 0.391. The smallest absolute Gasteiger partial charge is 0.193 e. The third-order valence-corrected chi connectivity index (χ3v) is 4.62. The molecule has 23 heavy (non-hydrogen) atoms. The Morgan fingerprint density at radius 2 is 2.09 bits per heavy atom. The molecule has 0 bridgehead atoms. The summed E-state index contributed by atoms with van der Waals surface area (Å²) in [4.78, 5) is 9.14. The first-order valence-electron chi connectivity index (χ1n) is 8.65. The predicted octanol–water partition coefficient (Wildman–Crippen LogP) is 2.95. The van der Waals surface area contributed by atoms with Crippen LogP contribution in [0.1, 0.15) is 38.3 Å². The van der Waals surface area contributed by atoms with Gasteiger partial charge in [0.2, 0.25) is 0 Å². The van der Waals surface area contributed by atoms with Crippen LogP contribution in [0.25, 0.3) is 0 Å². The second-order valence-corrected chi connectivity index (χ2v) is 7.39. The van der Waals surface area contributed by atoms with Crippen LogP contribution in [-0.4, -0.2) is 49.5 Å². The number of nitrogens with one attached hydrogen (secondary N) is 1. The van der Waals surface area contributed by atoms with Gasteiger partial charge in [0.25, 0.3) is 0 Å². The van der Waals surface area contributed by atoms with Crippen molar-refractivity contribution in [2.24, 2.45) is 10.4 Å². The summed E-state index contributed by atoms with van der Waals surface area (Å²) in [5.74, 6) is 1.02. The van der Waals surface area contributed by atoms with Crippen LogP contribution in [0.5, 0.6) is 0 Å². The number of benzene rings is 1. The molecule has 0 aliphatic carbocycles. The van der Waals surface area contributed by atoms with E-state index in [1.807, 2.05) is 7.05 Å². The SMILES string of the molecule is CCN(C)Cc1cccc(CNC(=NC)N2CCC(C)(C)C2)c1. The van der Waals surface area contributed by atoms with Crippen molar-refractivity contribution >= 4 is 5.96 Å². The van der Waals surface area contributed by atoms with Crippen LogP contribution in [-0.2, 0) is 13.1 Å². The highest BCUT2D eigenvalue weighted by atomic mass is 15.3. The Morgan fingerprint density at radius 1 is 1.35 bits per heavy atom. The van der Waals surface area contributed by atoms with Gasteiger partial charge in [-0.05, 0) is 36.6 Å². The molecule has 4 nitrogen and oxygen atoms in total. The Labute approximate surface area is 141 Å². The average molecular weight is 316 g/mol. The number of likely N-dealkylation sites (tertiary alicyclic amines) is 1. The molecule has 0 amide bonds. The number of guanidine groups is 1. The molecule has 128 valence electrons. The molecule has 0 unspecified atom stereocenters. The van der Waals surface area contributed by atoms with E-state index < -0.39 is 0 Å². The molecule has 1 aromatic carbocycles. The molecule has 0 radical (unpaired) electrons. The molecule has 1 saturated heterocycles. The van der Waals surface area contributed by atoms with Crippen molar-refractivity contribution in [3.8, 4) is 0 Å². The lowest BCUT2D eigenvalue weighted by Gasteiger charge is -2.24. The fourth-order valence-corrected chi connectivity index (χ4v) is 3.07. The van der Waals surface area contributed by atoms with Crippen molar-refractivity contribution in [1.29, 1.82) is 0 Å². The van der Waals surface area contributed by atoms with Crippen LogP contribution in [0.4, 0.5) is 0 Å². The summed E-state index contributed by atoms with van der Waals surface area (Å²) in [6.45, 7) is 11.9. The van der Waals surface area contributed by atoms with Gasteiger partial charge in [-0.15, -0.1) is 0 Å². The Morgan fingerprint density at radius 3 is 2.70 bits per heavy atom. The molecular weight excluding hydrogens is 284 g/mol. The average Bonchev–Trinajstić information content (AvgIpc) is 2.88. The zero-order valence-electron chi connectivity index (χ0n) is 15.4. The van der Waals surface area contributed by atoms with Crippen molar-refractivity contribution in [1.82, 2.24) is 15.1 Å². The maximum atomic E-state index is 4.46. The van der Waals surface area contributed by atoms with Gasteiger partial charge in [0, 0.05) is 33.2 Å². The molecule has 0 aromatic heterocycles. The maximum absolute atomic E-state index is 4.46. The van der Waals surface area contributed by atoms with Crippen LogP contribution in [0.3, 0.4) is 0 Å². The molecular formula is C19H32N4. The Bertz CT molecular complexity index is 536. The molecule has 4 heteroatoms. The molecule has 1 aromatic rings. The number of rotatable bonds is 5. The zero-order chi connectivity index (χ0) is 16.9. The summed E-state index contributed by atoms with van der Waals surface area (Å²) < 4.78 is 0. The van der Waals surface area contributed by atoms with Crippen molar-refractivity contribution in [3.63, 3.8) is 0 Å². The number of hydrogen-bond acceptors (Lipinski definition) is 2. The van der Waals surface area contributed by atoms with Gasteiger partial charge in [-0.2, -0.15) is 0 Å². The number of aliphatic imine (C=N–C) groups is 1. The molecule has 1 N–H and O–H groups in total. The van der Waals surface area contributed by atoms with Crippen LogP contribution in [0, 0.1) is 5.41 Å². The van der Waals surface area contributed by atoms with E-state index in [0.29, 0.717) is 5.41 Å². The van der Waals surface area contributed by atoms with E-state index >= 15 is 0 Å². The molecule has 1 fully saturated rings. The van der Waals surface area contributed by atoms with E-state index in [9.17, 15) is 0 Å². The number of hydrogen-bond donors (Lipinski definition) is 1. The summed E-state index contributed by atoms with van der Waals surface area (Å²) >= 11 is 0. The van der Waals surface area contributed by atoms with Crippen molar-refractivity contribution in [2.75, 3.05) is 33.7 Å². The normalized spacial score (nSPS) is 17.8. The lowest BCUT2D eigenvalue weighted by Crippen LogP contribution is -2.40. The van der Waals surface area contributed by atoms with E-state index in [1.165, 1.54) is 17.5 Å². The van der Waals surface area contributed by atoms with Gasteiger partial charge < -0.3 is 15.1 Å². The van der Waals surface area contributed by atoms with Crippen molar-refractivity contribution in [2.45, 2.75) is 40.3 Å². The fourth-order valence-electron chi connectivity index (χ4n) is 3.07. The van der Waals surface area contributed by atoms with Crippen molar-refractivity contribution < 1.29 is 0 Å². The van der Waals surface area contributed by atoms with Crippen molar-refractivity contribution in [3.05, 3.63) is 35.4 Å². The minimum Gasteiger partial charge on any atom is -0.352 e. The highest BCUT2D eigenvalue weighted by molar-refractivity contribution is 5.80. The molecule has 2 rings (SSSR count). The Kier molecular flexibility index (Phi) is 6.05. The van der Waals surface area contributed by atoms with Gasteiger partial charge in [-0.1, -0.05) is 45.0 Å². The largest absolute Gasteiger partial charge is 0.352 e. The zero-order valence-corrected chi connectivity index (χ0v) is 15.4. The lowest BCUT2D eigenvalue weighted by atomic mass is 9.93. The van der Waals surface area contributed by atoms with E-state index in [0.717, 1.165) is 38.7 Å². The second-order valence-electron chi connectivity index (χ2n) is 7.39. The first-order valence-corrected chi connectivity index (χ1v) is 8.65. The minimum atomic E-state index is 0.391. The molecule has 0 atom stereocenters. The van der Waals surface area contributed by atoms with Crippen LogP contribution in [0.2, 0.25) is 0 Å². The summed E-state index contributed by atoms with van der Waals surface area (Å²) in [6, 6.07) is 8.83. The monoisotopic (exact) mass is 316 g/mol. The Hall–Kier alpha value is -1.55. The van der Waals surface area contributed by atoms with Gasteiger partial charge in [0.1, 0.15) is 0 Å². The topological polar surface area (TPSA) is 30.9 Å². The highest BCUT2D eigenvalue weighted by Crippen LogP contribution is 2.28. The van der Waals surface area contributed by atoms with Crippen LogP contribution >= 0.6 is 0 Å². The molecule has 1 aliphatic heterocycles. The van der Waals surface area contributed by atoms with Gasteiger partial charge in [-0.25, -0.2) is 0 Å². The summed E-state index contributed by atoms with van der Waals surface area (Å²) in [5.41, 5.74) is 3.07. The van der Waals surface area contributed by atoms with Gasteiger partial charge in [-0.3, -0.25) is 4.99 Å². The quantitative estimate of drug-likeness (QED) is 0.669. The third-order valence-electron chi connectivity index (χ3n) is 4.62. The Balaban J connectivity index is 1.93. The van der Waals surface area contributed by atoms with E-state index in [4.69, 9.17) is 0 Å². The molecule has 1 aliphatic rings. The lowest BCUT2D eigenvalue weighted by molar-refractivity contribution is 0.345. The van der Waals surface area contributed by atoms with Crippen LogP contribution < -0.4 is 5.32 Å². The van der Waals surface area contributed by atoms with E-state index in [-0.39, 0.29) is 0 Å². The first kappa shape index (κ1) is 17.8. The van der Waals surface area contributed by atoms with Gasteiger partial charge in [0.05, 0.1) is 0 Å². The first-order chi connectivity index (χ1) is 10.9. The second kappa shape index (κ2) is 7.82. The highest BCUT2D eigenvalue weighted by Gasteiger charge is 2.30. The van der Waals surface area contributed by atoms with E-state index in [2.05, 4.69) is 72.2 Å². The maximum Gasteiger partial charge on any atom is 0.193 e. The fraction of sp³-hybridized carbons (Fsp3) is 0.632. The standard InChI is InChI=1S/C19H32N4/c1-6-22(5)14-17-9-7-8-16(12-17)13-21-18(20-4)23-11-10-19(2,3)15-23/h7-9,12H,6,10-11,13-15H2,1-5H3,(H,20,21). The molecule has 0 saturated carbocycles. The predicted molar refractivity (Wildman–Crippen MR) is 98.6 cm³/mol. The van der Waals surface area contributed by atoms with Crippen LogP contribution in [0.15, 0.2) is 29.3 Å². The summed E-state index contributed by atoms with van der Waals surface area (Å²) in [6.07, 6.45) is 1.23. The third kappa shape index (κ3) is 5.24. The molecule has 0 spiro atoms. The number of nitrogens with zero attached hydrogens (tertiary/aromatic N) is 3.